The van der Waals surface area contributed by atoms with E-state index < -0.39 is 26.8 Å². The van der Waals surface area contributed by atoms with E-state index in [1.165, 1.54) is 18.2 Å². The summed E-state index contributed by atoms with van der Waals surface area (Å²) in [5.74, 6) is -1.05. The number of nitrogens with zero attached hydrogens (tertiary/aromatic N) is 1. The summed E-state index contributed by atoms with van der Waals surface area (Å²) in [5, 5.41) is 1.93. The molecule has 0 atom stereocenters. The highest BCUT2D eigenvalue weighted by atomic mass is 32.2. The third-order valence-electron chi connectivity index (χ3n) is 4.62. The second-order valence-corrected chi connectivity index (χ2v) is 9.28. The van der Waals surface area contributed by atoms with Gasteiger partial charge in [0.1, 0.15) is 5.82 Å². The first-order chi connectivity index (χ1) is 13.3. The number of halogens is 1. The standard InChI is InChI=1S/C20H23FN2O4S/c1-14(2)28(25,26)19-6-4-3-5-16(19)20(24)22-15-7-8-18(17(21)13-15)23-9-11-27-12-10-23/h3-8,13-14H,9-12H2,1-2H3,(H,22,24). The number of anilines is 2. The number of hydrogen-bond donors (Lipinski definition) is 1. The van der Waals surface area contributed by atoms with E-state index in [9.17, 15) is 17.6 Å². The number of carbonyl (C=O) groups is 1. The van der Waals surface area contributed by atoms with Crippen LogP contribution in [0.3, 0.4) is 0 Å². The van der Waals surface area contributed by atoms with Crippen molar-refractivity contribution in [2.24, 2.45) is 0 Å². The smallest absolute Gasteiger partial charge is 0.256 e. The topological polar surface area (TPSA) is 75.7 Å². The van der Waals surface area contributed by atoms with Gasteiger partial charge in [0.15, 0.2) is 9.84 Å². The molecule has 0 radical (unpaired) electrons. The first-order valence-corrected chi connectivity index (χ1v) is 10.6. The molecule has 0 saturated carbocycles. The van der Waals surface area contributed by atoms with Crippen LogP contribution in [-0.2, 0) is 14.6 Å². The summed E-state index contributed by atoms with van der Waals surface area (Å²) in [5.41, 5.74) is 0.745. The largest absolute Gasteiger partial charge is 0.378 e. The molecule has 0 spiro atoms. The van der Waals surface area contributed by atoms with Gasteiger partial charge in [-0.2, -0.15) is 0 Å². The number of rotatable bonds is 5. The van der Waals surface area contributed by atoms with Crippen molar-refractivity contribution in [3.8, 4) is 0 Å². The van der Waals surface area contributed by atoms with E-state index >= 15 is 0 Å². The molecule has 1 amide bonds. The maximum Gasteiger partial charge on any atom is 0.256 e. The quantitative estimate of drug-likeness (QED) is 0.826. The first-order valence-electron chi connectivity index (χ1n) is 9.07. The molecule has 0 unspecified atom stereocenters. The third-order valence-corrected chi connectivity index (χ3v) is 6.83. The number of benzene rings is 2. The predicted octanol–water partition coefficient (Wildman–Crippen LogP) is 3.10. The average molecular weight is 406 g/mol. The molecule has 150 valence electrons. The summed E-state index contributed by atoms with van der Waals surface area (Å²) < 4.78 is 44.9. The van der Waals surface area contributed by atoms with Gasteiger partial charge in [-0.15, -0.1) is 0 Å². The van der Waals surface area contributed by atoms with Gasteiger partial charge in [0.25, 0.3) is 5.91 Å². The molecule has 0 aliphatic carbocycles. The summed E-state index contributed by atoms with van der Waals surface area (Å²) in [7, 11) is -3.63. The fourth-order valence-electron chi connectivity index (χ4n) is 3.00. The van der Waals surface area contributed by atoms with Crippen molar-refractivity contribution in [3.63, 3.8) is 0 Å². The Balaban J connectivity index is 1.83. The lowest BCUT2D eigenvalue weighted by atomic mass is 10.2. The highest BCUT2D eigenvalue weighted by Crippen LogP contribution is 2.25. The molecule has 0 bridgehead atoms. The lowest BCUT2D eigenvalue weighted by molar-refractivity contribution is 0.102. The molecule has 3 rings (SSSR count). The van der Waals surface area contributed by atoms with Crippen molar-refractivity contribution < 1.29 is 22.3 Å². The molecule has 6 nitrogen and oxygen atoms in total. The summed E-state index contributed by atoms with van der Waals surface area (Å²) in [4.78, 5) is 14.5. The Kier molecular flexibility index (Phi) is 6.00. The molecule has 1 aliphatic rings. The Morgan fingerprint density at radius 3 is 2.46 bits per heavy atom. The van der Waals surface area contributed by atoms with Gasteiger partial charge in [-0.3, -0.25) is 4.79 Å². The minimum absolute atomic E-state index is 0.0343. The molecule has 1 fully saturated rings. The van der Waals surface area contributed by atoms with E-state index in [0.717, 1.165) is 0 Å². The molecule has 1 saturated heterocycles. The molecular formula is C20H23FN2O4S. The maximum absolute atomic E-state index is 14.5. The van der Waals surface area contributed by atoms with Crippen molar-refractivity contribution in [1.82, 2.24) is 0 Å². The van der Waals surface area contributed by atoms with E-state index in [2.05, 4.69) is 5.32 Å². The van der Waals surface area contributed by atoms with E-state index in [-0.39, 0.29) is 16.1 Å². The zero-order valence-electron chi connectivity index (χ0n) is 15.8. The zero-order valence-corrected chi connectivity index (χ0v) is 16.6. The second-order valence-electron chi connectivity index (χ2n) is 6.81. The molecule has 1 aliphatic heterocycles. The van der Waals surface area contributed by atoms with Gasteiger partial charge >= 0.3 is 0 Å². The molecule has 2 aromatic carbocycles. The predicted molar refractivity (Wildman–Crippen MR) is 106 cm³/mol. The van der Waals surface area contributed by atoms with Crippen molar-refractivity contribution in [2.45, 2.75) is 24.0 Å². The van der Waals surface area contributed by atoms with Crippen molar-refractivity contribution >= 4 is 27.1 Å². The molecule has 1 heterocycles. The first kappa shape index (κ1) is 20.3. The molecule has 28 heavy (non-hydrogen) atoms. The van der Waals surface area contributed by atoms with E-state index in [4.69, 9.17) is 4.74 Å². The fourth-order valence-corrected chi connectivity index (χ4v) is 4.24. The summed E-state index contributed by atoms with van der Waals surface area (Å²) in [6.45, 7) is 5.40. The Morgan fingerprint density at radius 1 is 1.14 bits per heavy atom. The van der Waals surface area contributed by atoms with Crippen LogP contribution >= 0.6 is 0 Å². The number of sulfone groups is 1. The molecule has 2 aromatic rings. The lowest BCUT2D eigenvalue weighted by Gasteiger charge is -2.29. The number of hydrogen-bond acceptors (Lipinski definition) is 5. The average Bonchev–Trinajstić information content (AvgIpc) is 2.68. The molecule has 8 heteroatoms. The van der Waals surface area contributed by atoms with Crippen LogP contribution in [0.25, 0.3) is 0 Å². The van der Waals surface area contributed by atoms with Gasteiger partial charge in [0.05, 0.1) is 34.6 Å². The summed E-state index contributed by atoms with van der Waals surface area (Å²) in [6, 6.07) is 10.5. The minimum atomic E-state index is -3.63. The minimum Gasteiger partial charge on any atom is -0.378 e. The van der Waals surface area contributed by atoms with Gasteiger partial charge in [0, 0.05) is 18.8 Å². The van der Waals surface area contributed by atoms with Gasteiger partial charge in [0.2, 0.25) is 0 Å². The number of amides is 1. The molecule has 0 aromatic heterocycles. The van der Waals surface area contributed by atoms with Crippen LogP contribution < -0.4 is 10.2 Å². The van der Waals surface area contributed by atoms with Gasteiger partial charge in [-0.05, 0) is 44.2 Å². The highest BCUT2D eigenvalue weighted by Gasteiger charge is 2.25. The van der Waals surface area contributed by atoms with Gasteiger partial charge in [-0.1, -0.05) is 12.1 Å². The number of morpholine rings is 1. The Morgan fingerprint density at radius 2 is 1.82 bits per heavy atom. The second kappa shape index (κ2) is 8.28. The van der Waals surface area contributed by atoms with E-state index in [1.807, 2.05) is 4.90 Å². The van der Waals surface area contributed by atoms with Crippen LogP contribution in [0.4, 0.5) is 15.8 Å². The highest BCUT2D eigenvalue weighted by molar-refractivity contribution is 7.92. The Hall–Kier alpha value is -2.45. The summed E-state index contributed by atoms with van der Waals surface area (Å²) >= 11 is 0. The van der Waals surface area contributed by atoms with Crippen molar-refractivity contribution in [2.75, 3.05) is 36.5 Å². The summed E-state index contributed by atoms with van der Waals surface area (Å²) in [6.07, 6.45) is 0. The molecular weight excluding hydrogens is 383 g/mol. The Bertz CT molecular complexity index is 970. The van der Waals surface area contributed by atoms with E-state index in [0.29, 0.717) is 32.0 Å². The zero-order chi connectivity index (χ0) is 20.3. The van der Waals surface area contributed by atoms with Gasteiger partial charge in [-0.25, -0.2) is 12.8 Å². The number of ether oxygens (including phenoxy) is 1. The maximum atomic E-state index is 14.5. The normalized spacial score (nSPS) is 14.9. The lowest BCUT2D eigenvalue weighted by Crippen LogP contribution is -2.36. The number of nitrogens with one attached hydrogen (secondary N) is 1. The van der Waals surface area contributed by atoms with E-state index in [1.54, 1.807) is 38.1 Å². The number of carbonyl (C=O) groups excluding carboxylic acids is 1. The third kappa shape index (κ3) is 4.18. The van der Waals surface area contributed by atoms with Crippen LogP contribution in [0.15, 0.2) is 47.4 Å². The monoisotopic (exact) mass is 406 g/mol. The van der Waals surface area contributed by atoms with Crippen molar-refractivity contribution in [1.29, 1.82) is 0 Å². The van der Waals surface area contributed by atoms with Crippen LogP contribution in [0.1, 0.15) is 24.2 Å². The van der Waals surface area contributed by atoms with Crippen LogP contribution in [-0.4, -0.2) is 45.9 Å². The SMILES string of the molecule is CC(C)S(=O)(=O)c1ccccc1C(=O)Nc1ccc(N2CCOCC2)c(F)c1. The van der Waals surface area contributed by atoms with Crippen LogP contribution in [0, 0.1) is 5.82 Å². The van der Waals surface area contributed by atoms with Crippen LogP contribution in [0.2, 0.25) is 0 Å². The van der Waals surface area contributed by atoms with Crippen LogP contribution in [0.5, 0.6) is 0 Å². The van der Waals surface area contributed by atoms with Gasteiger partial charge < -0.3 is 15.0 Å². The fraction of sp³-hybridized carbons (Fsp3) is 0.350. The van der Waals surface area contributed by atoms with Crippen molar-refractivity contribution in [3.05, 3.63) is 53.8 Å². The Labute approximate surface area is 164 Å². The molecule has 1 N–H and O–H groups in total.